The van der Waals surface area contributed by atoms with Gasteiger partial charge in [-0.3, -0.25) is 14.5 Å². The van der Waals surface area contributed by atoms with Crippen molar-refractivity contribution in [3.63, 3.8) is 0 Å². The van der Waals surface area contributed by atoms with Gasteiger partial charge in [-0.2, -0.15) is 0 Å². The molecule has 2 aliphatic heterocycles. The van der Waals surface area contributed by atoms with Gasteiger partial charge >= 0.3 is 0 Å². The van der Waals surface area contributed by atoms with Gasteiger partial charge in [0.05, 0.1) is 13.2 Å². The third-order valence-corrected chi connectivity index (χ3v) is 5.54. The lowest BCUT2D eigenvalue weighted by Crippen LogP contribution is -2.53. The lowest BCUT2D eigenvalue weighted by Gasteiger charge is -2.39. The second-order valence-electron chi connectivity index (χ2n) is 7.80. The standard InChI is InChI=1S/C21H31N3O4/c1-23(2)21(26)14-24-17-8-9-18(24)13-16(12-17)22-20(25)15-27-10-11-28-19-6-4-3-5-7-19/h3-7,16-18H,8-15H2,1-2H3,(H,22,25). The Morgan fingerprint density at radius 1 is 1.11 bits per heavy atom. The van der Waals surface area contributed by atoms with E-state index in [9.17, 15) is 9.59 Å². The Morgan fingerprint density at radius 2 is 1.79 bits per heavy atom. The summed E-state index contributed by atoms with van der Waals surface area (Å²) in [5.74, 6) is 0.859. The maximum absolute atomic E-state index is 12.2. The molecule has 2 saturated heterocycles. The summed E-state index contributed by atoms with van der Waals surface area (Å²) in [5.41, 5.74) is 0. The molecule has 1 aromatic carbocycles. The van der Waals surface area contributed by atoms with E-state index < -0.39 is 0 Å². The van der Waals surface area contributed by atoms with Crippen molar-refractivity contribution in [2.45, 2.75) is 43.8 Å². The number of fused-ring (bicyclic) bond motifs is 2. The van der Waals surface area contributed by atoms with Gasteiger partial charge in [-0.25, -0.2) is 0 Å². The number of carbonyl (C=O) groups is 2. The number of nitrogens with one attached hydrogen (secondary N) is 1. The number of para-hydroxylation sites is 1. The highest BCUT2D eigenvalue weighted by Crippen LogP contribution is 2.35. The molecule has 2 bridgehead atoms. The van der Waals surface area contributed by atoms with Gasteiger partial charge in [0, 0.05) is 32.2 Å². The Hall–Kier alpha value is -2.12. The summed E-state index contributed by atoms with van der Waals surface area (Å²) in [5, 5.41) is 3.10. The fraction of sp³-hybridized carbons (Fsp3) is 0.619. The molecule has 28 heavy (non-hydrogen) atoms. The van der Waals surface area contributed by atoms with Crippen LogP contribution in [-0.2, 0) is 14.3 Å². The number of carbonyl (C=O) groups excluding carboxylic acids is 2. The minimum absolute atomic E-state index is 0.0484. The predicted octanol–water partition coefficient (Wildman–Crippen LogP) is 1.28. The fourth-order valence-electron chi connectivity index (χ4n) is 4.12. The average molecular weight is 389 g/mol. The molecule has 2 heterocycles. The van der Waals surface area contributed by atoms with Crippen LogP contribution in [0.2, 0.25) is 0 Å². The average Bonchev–Trinajstić information content (AvgIpc) is 2.90. The highest BCUT2D eigenvalue weighted by atomic mass is 16.5. The first-order valence-electron chi connectivity index (χ1n) is 10.0. The van der Waals surface area contributed by atoms with Gasteiger partial charge < -0.3 is 19.7 Å². The van der Waals surface area contributed by atoms with Crippen molar-refractivity contribution in [1.29, 1.82) is 0 Å². The smallest absolute Gasteiger partial charge is 0.246 e. The van der Waals surface area contributed by atoms with Crippen molar-refractivity contribution in [3.8, 4) is 5.75 Å². The highest BCUT2D eigenvalue weighted by molar-refractivity contribution is 5.78. The molecule has 3 rings (SSSR count). The third kappa shape index (κ3) is 5.69. The topological polar surface area (TPSA) is 71.1 Å². The molecule has 0 saturated carbocycles. The molecule has 7 heteroatoms. The van der Waals surface area contributed by atoms with Gasteiger partial charge in [0.1, 0.15) is 19.0 Å². The van der Waals surface area contributed by atoms with E-state index in [-0.39, 0.29) is 24.5 Å². The molecule has 2 atom stereocenters. The number of hydrogen-bond acceptors (Lipinski definition) is 5. The second kappa shape index (κ2) is 9.89. The highest BCUT2D eigenvalue weighted by Gasteiger charge is 2.41. The monoisotopic (exact) mass is 389 g/mol. The maximum atomic E-state index is 12.2. The van der Waals surface area contributed by atoms with Crippen molar-refractivity contribution in [2.75, 3.05) is 40.5 Å². The minimum Gasteiger partial charge on any atom is -0.491 e. The largest absolute Gasteiger partial charge is 0.491 e. The van der Waals surface area contributed by atoms with Gasteiger partial charge in [-0.1, -0.05) is 18.2 Å². The Labute approximate surface area is 167 Å². The summed E-state index contributed by atoms with van der Waals surface area (Å²) in [7, 11) is 3.59. The van der Waals surface area contributed by atoms with Crippen LogP contribution in [-0.4, -0.2) is 80.2 Å². The van der Waals surface area contributed by atoms with Crippen LogP contribution in [0.3, 0.4) is 0 Å². The molecular formula is C21H31N3O4. The maximum Gasteiger partial charge on any atom is 0.246 e. The lowest BCUT2D eigenvalue weighted by molar-refractivity contribution is -0.132. The fourth-order valence-corrected chi connectivity index (χ4v) is 4.12. The molecule has 2 aliphatic rings. The molecule has 1 N–H and O–H groups in total. The molecule has 2 fully saturated rings. The van der Waals surface area contributed by atoms with Crippen LogP contribution in [0.25, 0.3) is 0 Å². The van der Waals surface area contributed by atoms with E-state index >= 15 is 0 Å². The summed E-state index contributed by atoms with van der Waals surface area (Å²) < 4.78 is 11.0. The van der Waals surface area contributed by atoms with Crippen molar-refractivity contribution in [1.82, 2.24) is 15.1 Å². The Morgan fingerprint density at radius 3 is 2.43 bits per heavy atom. The van der Waals surface area contributed by atoms with Crippen molar-refractivity contribution < 1.29 is 19.1 Å². The predicted molar refractivity (Wildman–Crippen MR) is 106 cm³/mol. The van der Waals surface area contributed by atoms with Crippen LogP contribution in [0.1, 0.15) is 25.7 Å². The molecule has 1 aromatic rings. The molecule has 0 spiro atoms. The number of likely N-dealkylation sites (N-methyl/N-ethyl adjacent to an activating group) is 1. The third-order valence-electron chi connectivity index (χ3n) is 5.54. The lowest BCUT2D eigenvalue weighted by atomic mass is 9.97. The van der Waals surface area contributed by atoms with Crippen LogP contribution in [0.15, 0.2) is 30.3 Å². The van der Waals surface area contributed by atoms with Gasteiger partial charge in [-0.05, 0) is 37.8 Å². The Kier molecular flexibility index (Phi) is 7.28. The van der Waals surface area contributed by atoms with Crippen molar-refractivity contribution in [2.24, 2.45) is 0 Å². The van der Waals surface area contributed by atoms with Crippen LogP contribution in [0.4, 0.5) is 0 Å². The normalized spacial score (nSPS) is 24.0. The van der Waals surface area contributed by atoms with Crippen LogP contribution >= 0.6 is 0 Å². The number of ether oxygens (including phenoxy) is 2. The molecule has 0 radical (unpaired) electrons. The zero-order valence-corrected chi connectivity index (χ0v) is 16.8. The summed E-state index contributed by atoms with van der Waals surface area (Å²) >= 11 is 0. The molecule has 2 amide bonds. The number of benzene rings is 1. The SMILES string of the molecule is CN(C)C(=O)CN1C2CCC1CC(NC(=O)COCCOc1ccccc1)C2. The molecule has 0 aromatic heterocycles. The van der Waals surface area contributed by atoms with Gasteiger partial charge in [0.2, 0.25) is 11.8 Å². The van der Waals surface area contributed by atoms with Gasteiger partial charge in [0.25, 0.3) is 0 Å². The quantitative estimate of drug-likeness (QED) is 0.645. The van der Waals surface area contributed by atoms with Crippen LogP contribution in [0, 0.1) is 0 Å². The Balaban J connectivity index is 1.33. The summed E-state index contributed by atoms with van der Waals surface area (Å²) in [4.78, 5) is 28.2. The number of piperidine rings is 1. The van der Waals surface area contributed by atoms with E-state index in [2.05, 4.69) is 10.2 Å². The van der Waals surface area contributed by atoms with E-state index in [0.29, 0.717) is 31.8 Å². The zero-order valence-electron chi connectivity index (χ0n) is 16.8. The number of hydrogen-bond donors (Lipinski definition) is 1. The first-order valence-corrected chi connectivity index (χ1v) is 10.0. The molecule has 2 unspecified atom stereocenters. The summed E-state index contributed by atoms with van der Waals surface area (Å²) in [6.07, 6.45) is 4.01. The van der Waals surface area contributed by atoms with E-state index in [0.717, 1.165) is 31.4 Å². The Bertz CT molecular complexity index is 638. The van der Waals surface area contributed by atoms with Crippen LogP contribution < -0.4 is 10.1 Å². The summed E-state index contributed by atoms with van der Waals surface area (Å²) in [6.45, 7) is 1.32. The van der Waals surface area contributed by atoms with Crippen molar-refractivity contribution in [3.05, 3.63) is 30.3 Å². The van der Waals surface area contributed by atoms with Crippen LogP contribution in [0.5, 0.6) is 5.75 Å². The minimum atomic E-state index is -0.0815. The number of rotatable bonds is 9. The number of nitrogens with zero attached hydrogens (tertiary/aromatic N) is 2. The van der Waals surface area contributed by atoms with Crippen molar-refractivity contribution >= 4 is 11.8 Å². The number of amides is 2. The first kappa shape index (κ1) is 20.6. The van der Waals surface area contributed by atoms with E-state index in [4.69, 9.17) is 9.47 Å². The molecule has 0 aliphatic carbocycles. The molecule has 154 valence electrons. The van der Waals surface area contributed by atoms with Gasteiger partial charge in [-0.15, -0.1) is 0 Å². The van der Waals surface area contributed by atoms with Gasteiger partial charge in [0.15, 0.2) is 0 Å². The van der Waals surface area contributed by atoms with E-state index in [1.165, 1.54) is 0 Å². The van der Waals surface area contributed by atoms with E-state index in [1.807, 2.05) is 30.3 Å². The zero-order chi connectivity index (χ0) is 19.9. The first-order chi connectivity index (χ1) is 13.5. The molecule has 7 nitrogen and oxygen atoms in total. The summed E-state index contributed by atoms with van der Waals surface area (Å²) in [6, 6.07) is 10.5. The second-order valence-corrected chi connectivity index (χ2v) is 7.80. The molecular weight excluding hydrogens is 358 g/mol. The van der Waals surface area contributed by atoms with E-state index in [1.54, 1.807) is 19.0 Å².